The van der Waals surface area contributed by atoms with E-state index in [0.717, 1.165) is 16.4 Å². The first-order chi connectivity index (χ1) is 60.9. The molecular weight excluding hydrogens is 1730 g/mol. The van der Waals surface area contributed by atoms with Crippen molar-refractivity contribution >= 4 is 34.3 Å². The van der Waals surface area contributed by atoms with Crippen molar-refractivity contribution in [2.45, 2.75) is 69.2 Å². The second kappa shape index (κ2) is 43.5. The van der Waals surface area contributed by atoms with Gasteiger partial charge in [0.2, 0.25) is 46.0 Å². The maximum atomic E-state index is 11.6. The molecule has 0 fully saturated rings. The van der Waals surface area contributed by atoms with Crippen LogP contribution in [0.2, 0.25) is 4.34 Å². The number of nitrogens with zero attached hydrogens (tertiary/aromatic N) is 21. The van der Waals surface area contributed by atoms with Gasteiger partial charge in [0.1, 0.15) is 51.8 Å². The monoisotopic (exact) mass is 1820 g/mol. The number of aryl methyl sites for hydroxylation is 15. The zero-order valence-electron chi connectivity index (χ0n) is 73.5. The van der Waals surface area contributed by atoms with Crippen molar-refractivity contribution in [2.75, 3.05) is 56.9 Å². The molecule has 0 aliphatic heterocycles. The topological polar surface area (TPSA) is 595 Å². The number of oxazole rings is 1. The summed E-state index contributed by atoms with van der Waals surface area (Å²) in [7, 11) is 20.6. The SMILES string of the molecule is COc1c(C)nc(-c2c[n+](C)[nH]n2)[nH]c1=O.COc1c(C)nc(-c2ccn(C)n2)[nH]c1=O.COc1c(C)nc(-c2ccnn2C)[nH]c1=O.COc1c(C)nc(-c2cn(C)cn2)[nH]c1=O.COc1c(C)nc(-c2cncn2C)[nH]c1=O.COc1c(C)nc(-c2coc(C)n2)[nH]c1=O.COc1c(C)nc(-c2csc(C)n2)[nH]c1=O.COc1c(C)nc(-c2ncc(Cl)s2)[nH]c1=O. The number of hydrogen-bond donors (Lipinski definition) is 9. The minimum Gasteiger partial charge on any atom is -0.490 e. The van der Waals surface area contributed by atoms with Crippen molar-refractivity contribution in [3.63, 3.8) is 0 Å². The Bertz CT molecular complexity index is 6170. The van der Waals surface area contributed by atoms with Crippen LogP contribution < -0.4 is 87.1 Å². The van der Waals surface area contributed by atoms with Crippen molar-refractivity contribution in [3.05, 3.63) is 217 Å². The Morgan fingerprint density at radius 1 is 0.422 bits per heavy atom. The van der Waals surface area contributed by atoms with Gasteiger partial charge in [-0.05, 0) is 74.4 Å². The lowest BCUT2D eigenvalue weighted by molar-refractivity contribution is -0.730. The summed E-state index contributed by atoms with van der Waals surface area (Å²) in [5, 5.41) is 18.2. The molecule has 50 heteroatoms. The number of halogens is 1. The maximum absolute atomic E-state index is 11.6. The van der Waals surface area contributed by atoms with Gasteiger partial charge in [-0.3, -0.25) is 52.7 Å². The average Bonchev–Trinajstić information content (AvgIpc) is 1.49. The number of H-pyrrole nitrogens is 9. The molecule has 0 bridgehead atoms. The fourth-order valence-electron chi connectivity index (χ4n) is 11.5. The first-order valence-corrected chi connectivity index (χ1v) is 39.5. The van der Waals surface area contributed by atoms with E-state index in [1.165, 1.54) is 92.0 Å². The lowest BCUT2D eigenvalue weighted by Gasteiger charge is -2.05. The largest absolute Gasteiger partial charge is 0.490 e. The fraction of sp³-hybridized carbons (Fsp3) is 0.295. The van der Waals surface area contributed by atoms with Crippen molar-refractivity contribution in [3.8, 4) is 137 Å². The second-order valence-electron chi connectivity index (χ2n) is 26.6. The van der Waals surface area contributed by atoms with E-state index in [1.807, 2.05) is 26.4 Å². The van der Waals surface area contributed by atoms with Gasteiger partial charge >= 0.3 is 0 Å². The first kappa shape index (κ1) is 96.0. The zero-order chi connectivity index (χ0) is 93.7. The van der Waals surface area contributed by atoms with Crippen LogP contribution in [0.1, 0.15) is 56.4 Å². The normalized spacial score (nSPS) is 10.4. The van der Waals surface area contributed by atoms with Gasteiger partial charge in [-0.1, -0.05) is 28.2 Å². The standard InChI is InChI=1S/4C10H12N4O2.C10H11N3O3.C10H11N3O2S.C9H8ClN3O2S.C9H11N5O2/c1-6-8(16-3)10(15)13-9(12-6)7-4-14(2)5-11-7;1-6-8(16-3)10(15)13-9(12-6)7-4-11-5-14(7)2;1-6-8(16-3)10(15)12-9(11-6)7-4-5-14(2)13-7;1-6-8(16-3)10(15)13-9(12-6)7-4-5-11-14(7)2;2*1-5-8(15-3)10(14)13-9(11-5)7-4-16-6(2)12-7;1-4-6(15-2)8(14)13-7(12-4)9-11-3-5(10)16-9;1-5-7(16-3)9(15)11-8(10-5)6-4-14(2)13-12-6/h2*4-5H,1-3H3,(H,12,13,15);4-5H,1-3H3,(H,11,12,15);4-5H,1-3H3,(H,12,13,15);2*4H,1-3H3,(H,11,13,14);3H,1-2H3,(H,12,13,14);4H,1-3H3,(H,10,11,15)/p+1. The van der Waals surface area contributed by atoms with E-state index in [1.54, 1.807) is 162 Å². The Morgan fingerprint density at radius 2 is 0.805 bits per heavy atom. The summed E-state index contributed by atoms with van der Waals surface area (Å²) >= 11 is 8.53. The van der Waals surface area contributed by atoms with Crippen molar-refractivity contribution in [1.82, 2.24) is 144 Å². The Kier molecular flexibility index (Phi) is 32.6. The van der Waals surface area contributed by atoms with Gasteiger partial charge in [-0.15, -0.1) is 11.3 Å². The number of methoxy groups -OCH3 is 8. The number of hydrogen-bond acceptors (Lipinski definition) is 35. The molecule has 16 rings (SSSR count). The third-order valence-electron chi connectivity index (χ3n) is 17.3. The van der Waals surface area contributed by atoms with Crippen LogP contribution in [0.15, 0.2) is 116 Å². The summed E-state index contributed by atoms with van der Waals surface area (Å²) in [6, 6.07) is 3.56. The van der Waals surface area contributed by atoms with E-state index in [2.05, 4.69) is 125 Å². The average molecular weight is 1820 g/mol. The van der Waals surface area contributed by atoms with E-state index < -0.39 is 0 Å². The molecule has 16 heterocycles. The molecule has 0 saturated heterocycles. The zero-order valence-corrected chi connectivity index (χ0v) is 75.8. The number of rotatable bonds is 16. The number of ether oxygens (including phenoxy) is 8. The molecule has 47 nitrogen and oxygen atoms in total. The molecule has 0 aliphatic carbocycles. The second-order valence-corrected chi connectivity index (χ2v) is 29.3. The summed E-state index contributed by atoms with van der Waals surface area (Å²) in [4.78, 5) is 168. The highest BCUT2D eigenvalue weighted by Crippen LogP contribution is 2.27. The molecule has 0 atom stereocenters. The first-order valence-electron chi connectivity index (χ1n) is 37.5. The summed E-state index contributed by atoms with van der Waals surface area (Å²) in [6.45, 7) is 17.4. The van der Waals surface area contributed by atoms with Gasteiger partial charge < -0.3 is 86.3 Å². The third-order valence-corrected chi connectivity index (χ3v) is 19.2. The molecule has 0 saturated carbocycles. The van der Waals surface area contributed by atoms with E-state index in [-0.39, 0.29) is 90.5 Å². The van der Waals surface area contributed by atoms with E-state index in [4.69, 9.17) is 53.9 Å². The molecule has 0 aliphatic rings. The van der Waals surface area contributed by atoms with Gasteiger partial charge in [0.05, 0.1) is 132 Å². The van der Waals surface area contributed by atoms with Gasteiger partial charge in [0.15, 0.2) is 63.7 Å². The predicted molar refractivity (Wildman–Crippen MR) is 469 cm³/mol. The third kappa shape index (κ3) is 23.9. The molecule has 9 N–H and O–H groups in total. The lowest BCUT2D eigenvalue weighted by atomic mass is 10.3. The Labute approximate surface area is 737 Å². The number of aromatic nitrogens is 30. The minimum absolute atomic E-state index is 0.212. The maximum Gasteiger partial charge on any atom is 0.293 e. The quantitative estimate of drug-likeness (QED) is 0.0525. The molecule has 0 aromatic carbocycles. The van der Waals surface area contributed by atoms with Crippen LogP contribution in [0, 0.1) is 69.2 Å². The molecule has 0 spiro atoms. The number of imidazole rings is 2. The Morgan fingerprint density at radius 3 is 1.12 bits per heavy atom. The van der Waals surface area contributed by atoms with Crippen LogP contribution in [-0.4, -0.2) is 201 Å². The van der Waals surface area contributed by atoms with Crippen molar-refractivity contribution in [2.24, 2.45) is 35.2 Å². The molecule has 16 aromatic heterocycles. The van der Waals surface area contributed by atoms with Gasteiger partial charge in [0, 0.05) is 64.2 Å². The van der Waals surface area contributed by atoms with Crippen LogP contribution in [0.4, 0.5) is 0 Å². The van der Waals surface area contributed by atoms with Gasteiger partial charge in [-0.2, -0.15) is 14.9 Å². The van der Waals surface area contributed by atoms with Crippen molar-refractivity contribution < 1.29 is 47.0 Å². The Balaban J connectivity index is 0.000000165. The van der Waals surface area contributed by atoms with Crippen LogP contribution in [0.3, 0.4) is 0 Å². The molecule has 128 heavy (non-hydrogen) atoms. The molecule has 0 radical (unpaired) electrons. The fourth-order valence-corrected chi connectivity index (χ4v) is 13.0. The van der Waals surface area contributed by atoms with Crippen LogP contribution in [0.5, 0.6) is 46.0 Å². The number of aromatic amines is 9. The molecule has 0 amide bonds. The van der Waals surface area contributed by atoms with E-state index in [9.17, 15) is 38.4 Å². The molecule has 0 unspecified atom stereocenters. The van der Waals surface area contributed by atoms with Crippen LogP contribution in [0.25, 0.3) is 91.5 Å². The lowest BCUT2D eigenvalue weighted by Crippen LogP contribution is -2.28. The predicted octanol–water partition coefficient (Wildman–Crippen LogP) is 5.68. The minimum atomic E-state index is -0.328. The number of thiazole rings is 2. The van der Waals surface area contributed by atoms with Crippen LogP contribution >= 0.6 is 34.3 Å². The number of nitrogens with one attached hydrogen (secondary N) is 9. The highest BCUT2D eigenvalue weighted by molar-refractivity contribution is 7.18. The van der Waals surface area contributed by atoms with Crippen molar-refractivity contribution in [1.29, 1.82) is 0 Å². The van der Waals surface area contributed by atoms with Gasteiger partial charge in [-0.25, -0.2) is 64.8 Å². The highest BCUT2D eigenvalue weighted by Gasteiger charge is 2.21. The summed E-state index contributed by atoms with van der Waals surface area (Å²) < 4.78 is 53.6. The van der Waals surface area contributed by atoms with Crippen LogP contribution in [-0.2, 0) is 35.2 Å². The van der Waals surface area contributed by atoms with Gasteiger partial charge in [0.25, 0.3) is 50.2 Å². The molecule has 672 valence electrons. The Hall–Kier alpha value is -15.8. The van der Waals surface area contributed by atoms with E-state index >= 15 is 0 Å². The smallest absolute Gasteiger partial charge is 0.293 e. The summed E-state index contributed by atoms with van der Waals surface area (Å²) in [5.41, 5.74) is 6.46. The highest BCUT2D eigenvalue weighted by atomic mass is 35.5. The van der Waals surface area contributed by atoms with E-state index in [0.29, 0.717) is 136 Å². The summed E-state index contributed by atoms with van der Waals surface area (Å²) in [6.07, 6.45) is 14.8. The molecule has 16 aromatic rings. The molecular formula is C78H90ClN30O17S2+. The summed E-state index contributed by atoms with van der Waals surface area (Å²) in [5.74, 6) is 5.92.